The number of carboxylic acid groups (broad SMARTS) is 1. The molecule has 1 aliphatic carbocycles. The summed E-state index contributed by atoms with van der Waals surface area (Å²) < 4.78 is 5.54. The number of aryl methyl sites for hydroxylation is 1. The van der Waals surface area contributed by atoms with Crippen molar-refractivity contribution >= 4 is 11.9 Å². The second-order valence-corrected chi connectivity index (χ2v) is 7.86. The number of esters is 1. The van der Waals surface area contributed by atoms with Gasteiger partial charge in [0, 0.05) is 12.0 Å². The highest BCUT2D eigenvalue weighted by atomic mass is 16.5. The maximum Gasteiger partial charge on any atom is 0.321 e. The van der Waals surface area contributed by atoms with E-state index in [1.165, 1.54) is 0 Å². The zero-order chi connectivity index (χ0) is 21.8. The molecule has 0 amide bonds. The van der Waals surface area contributed by atoms with Crippen LogP contribution in [0.3, 0.4) is 0 Å². The molecule has 3 aromatic rings. The van der Waals surface area contributed by atoms with Crippen LogP contribution in [0.1, 0.15) is 29.0 Å². The molecule has 1 aliphatic rings. The summed E-state index contributed by atoms with van der Waals surface area (Å²) in [5, 5.41) is 9.64. The third kappa shape index (κ3) is 4.37. The van der Waals surface area contributed by atoms with Crippen molar-refractivity contribution in [3.63, 3.8) is 0 Å². The molecule has 0 saturated heterocycles. The molecule has 158 valence electrons. The van der Waals surface area contributed by atoms with Crippen LogP contribution in [0.2, 0.25) is 0 Å². The highest BCUT2D eigenvalue weighted by Crippen LogP contribution is 2.44. The van der Waals surface area contributed by atoms with Gasteiger partial charge in [-0.05, 0) is 40.7 Å². The van der Waals surface area contributed by atoms with Crippen LogP contribution in [-0.2, 0) is 20.7 Å². The molecule has 5 heteroatoms. The molecule has 0 aliphatic heterocycles. The Morgan fingerprint density at radius 3 is 2.00 bits per heavy atom. The molecular weight excluding hydrogens is 390 g/mol. The van der Waals surface area contributed by atoms with Crippen molar-refractivity contribution < 1.29 is 19.4 Å². The number of aliphatic carboxylic acids is 1. The first kappa shape index (κ1) is 20.8. The molecule has 0 radical (unpaired) electrons. The predicted octanol–water partition coefficient (Wildman–Crippen LogP) is 4.00. The Hall–Kier alpha value is -3.44. The summed E-state index contributed by atoms with van der Waals surface area (Å²) in [6.45, 7) is 0.0854. The van der Waals surface area contributed by atoms with Crippen LogP contribution >= 0.6 is 0 Å². The normalized spacial score (nSPS) is 14.4. The fourth-order valence-electron chi connectivity index (χ4n) is 4.30. The number of nitrogens with two attached hydrogens (primary N) is 1. The first-order valence-corrected chi connectivity index (χ1v) is 10.4. The van der Waals surface area contributed by atoms with E-state index >= 15 is 0 Å². The lowest BCUT2D eigenvalue weighted by molar-refractivity contribution is -0.159. The van der Waals surface area contributed by atoms with Gasteiger partial charge in [-0.2, -0.15) is 0 Å². The van der Waals surface area contributed by atoms with E-state index in [0.29, 0.717) is 12.8 Å². The number of ether oxygens (including phenoxy) is 1. The molecule has 3 aromatic carbocycles. The van der Waals surface area contributed by atoms with E-state index in [4.69, 9.17) is 10.5 Å². The molecule has 0 saturated carbocycles. The minimum atomic E-state index is -1.39. The minimum Gasteiger partial charge on any atom is -0.481 e. The van der Waals surface area contributed by atoms with E-state index in [-0.39, 0.29) is 12.5 Å². The monoisotopic (exact) mass is 415 g/mol. The second-order valence-electron chi connectivity index (χ2n) is 7.86. The molecule has 3 N–H and O–H groups in total. The van der Waals surface area contributed by atoms with Crippen LogP contribution in [0.4, 0.5) is 0 Å². The smallest absolute Gasteiger partial charge is 0.321 e. The zero-order valence-electron chi connectivity index (χ0n) is 17.1. The number of benzene rings is 3. The van der Waals surface area contributed by atoms with Gasteiger partial charge >= 0.3 is 11.9 Å². The van der Waals surface area contributed by atoms with Gasteiger partial charge < -0.3 is 15.6 Å². The summed E-state index contributed by atoms with van der Waals surface area (Å²) in [6.07, 6.45) is 0.980. The first-order chi connectivity index (χ1) is 15.1. The molecule has 0 unspecified atom stereocenters. The standard InChI is InChI=1S/C26H25NO4/c27-23(15-14-17-8-2-1-3-9-17)24(25(28)29)26(30)31-16-22-20-12-6-4-10-18(20)19-11-5-7-13-21(19)22/h1-13,22-24H,14-16,27H2,(H,28,29)/t23-,24-/m1/s1. The van der Waals surface area contributed by atoms with Crippen LogP contribution in [0.5, 0.6) is 0 Å². The van der Waals surface area contributed by atoms with Crippen molar-refractivity contribution in [1.82, 2.24) is 0 Å². The molecule has 4 rings (SSSR count). The summed E-state index contributed by atoms with van der Waals surface area (Å²) in [4.78, 5) is 24.5. The Bertz CT molecular complexity index is 1030. The van der Waals surface area contributed by atoms with E-state index in [1.807, 2.05) is 66.7 Å². The number of carbonyl (C=O) groups excluding carboxylic acids is 1. The van der Waals surface area contributed by atoms with E-state index in [2.05, 4.69) is 12.1 Å². The fourth-order valence-corrected chi connectivity index (χ4v) is 4.30. The number of hydrogen-bond donors (Lipinski definition) is 2. The summed E-state index contributed by atoms with van der Waals surface area (Å²) in [7, 11) is 0. The molecule has 5 nitrogen and oxygen atoms in total. The Labute approximate surface area is 181 Å². The van der Waals surface area contributed by atoms with Crippen molar-refractivity contribution in [2.24, 2.45) is 11.7 Å². The van der Waals surface area contributed by atoms with Gasteiger partial charge in [0.25, 0.3) is 0 Å². The topological polar surface area (TPSA) is 89.6 Å². The van der Waals surface area contributed by atoms with Crippen molar-refractivity contribution in [1.29, 1.82) is 0 Å². The third-order valence-electron chi connectivity index (χ3n) is 5.91. The van der Waals surface area contributed by atoms with Crippen LogP contribution in [-0.4, -0.2) is 29.7 Å². The summed E-state index contributed by atoms with van der Waals surface area (Å²) in [5.41, 5.74) is 11.6. The van der Waals surface area contributed by atoms with Crippen LogP contribution in [0.25, 0.3) is 11.1 Å². The molecule has 0 heterocycles. The first-order valence-electron chi connectivity index (χ1n) is 10.4. The van der Waals surface area contributed by atoms with Crippen LogP contribution < -0.4 is 5.73 Å². The van der Waals surface area contributed by atoms with Gasteiger partial charge in [-0.1, -0.05) is 78.9 Å². The number of carbonyl (C=O) groups is 2. The molecule has 0 spiro atoms. The molecular formula is C26H25NO4. The summed E-state index contributed by atoms with van der Waals surface area (Å²) in [6, 6.07) is 24.9. The van der Waals surface area contributed by atoms with E-state index in [9.17, 15) is 14.7 Å². The van der Waals surface area contributed by atoms with Gasteiger partial charge in [0.1, 0.15) is 6.61 Å². The van der Waals surface area contributed by atoms with Crippen LogP contribution in [0, 0.1) is 5.92 Å². The van der Waals surface area contributed by atoms with Gasteiger partial charge in [0.15, 0.2) is 5.92 Å². The lowest BCUT2D eigenvalue weighted by Crippen LogP contribution is -2.42. The lowest BCUT2D eigenvalue weighted by atomic mass is 9.94. The quantitative estimate of drug-likeness (QED) is 0.429. The van der Waals surface area contributed by atoms with E-state index < -0.39 is 23.9 Å². The van der Waals surface area contributed by atoms with Gasteiger partial charge in [0.05, 0.1) is 0 Å². The largest absolute Gasteiger partial charge is 0.481 e. The number of fused-ring (bicyclic) bond motifs is 3. The summed E-state index contributed by atoms with van der Waals surface area (Å²) >= 11 is 0. The van der Waals surface area contributed by atoms with Gasteiger partial charge in [0.2, 0.25) is 0 Å². The molecule has 2 atom stereocenters. The fraction of sp³-hybridized carbons (Fsp3) is 0.231. The highest BCUT2D eigenvalue weighted by Gasteiger charge is 2.36. The molecule has 0 bridgehead atoms. The van der Waals surface area contributed by atoms with Crippen molar-refractivity contribution in [2.75, 3.05) is 6.61 Å². The molecule has 31 heavy (non-hydrogen) atoms. The Morgan fingerprint density at radius 1 is 0.871 bits per heavy atom. The number of rotatable bonds is 8. The minimum absolute atomic E-state index is 0.0854. The van der Waals surface area contributed by atoms with E-state index in [1.54, 1.807) is 0 Å². The Kier molecular flexibility index (Phi) is 6.14. The molecule has 0 aromatic heterocycles. The Morgan fingerprint density at radius 2 is 1.42 bits per heavy atom. The van der Waals surface area contributed by atoms with Crippen molar-refractivity contribution in [2.45, 2.75) is 24.8 Å². The SMILES string of the molecule is N[C@H](CCc1ccccc1)[C@H](C(=O)O)C(=O)OCC1c2ccccc2-c2ccccc21. The number of carboxylic acids is 1. The van der Waals surface area contributed by atoms with Crippen LogP contribution in [0.15, 0.2) is 78.9 Å². The second kappa shape index (κ2) is 9.14. The van der Waals surface area contributed by atoms with Gasteiger partial charge in [-0.15, -0.1) is 0 Å². The third-order valence-corrected chi connectivity index (χ3v) is 5.91. The van der Waals surface area contributed by atoms with Gasteiger partial charge in [-0.25, -0.2) is 0 Å². The average Bonchev–Trinajstić information content (AvgIpc) is 3.11. The predicted molar refractivity (Wildman–Crippen MR) is 119 cm³/mol. The zero-order valence-corrected chi connectivity index (χ0v) is 17.1. The van der Waals surface area contributed by atoms with E-state index in [0.717, 1.165) is 27.8 Å². The van der Waals surface area contributed by atoms with Crippen molar-refractivity contribution in [3.05, 3.63) is 95.6 Å². The summed E-state index contributed by atoms with van der Waals surface area (Å²) in [5.74, 6) is -3.55. The van der Waals surface area contributed by atoms with Gasteiger partial charge in [-0.3, -0.25) is 9.59 Å². The average molecular weight is 415 g/mol. The Balaban J connectivity index is 1.44. The lowest BCUT2D eigenvalue weighted by Gasteiger charge is -2.21. The van der Waals surface area contributed by atoms with Crippen molar-refractivity contribution in [3.8, 4) is 11.1 Å². The molecule has 0 fully saturated rings. The highest BCUT2D eigenvalue weighted by molar-refractivity contribution is 5.95. The maximum absolute atomic E-state index is 12.7. The maximum atomic E-state index is 12.7. The number of hydrogen-bond acceptors (Lipinski definition) is 4.